The van der Waals surface area contributed by atoms with E-state index in [2.05, 4.69) is 40.3 Å². The smallest absolute Gasteiger partial charge is 0.159 e. The molecule has 19 heavy (non-hydrogen) atoms. The first-order valence-corrected chi connectivity index (χ1v) is 6.95. The van der Waals surface area contributed by atoms with Crippen LogP contribution >= 0.6 is 11.6 Å². The maximum Gasteiger partial charge on any atom is 0.159 e. The van der Waals surface area contributed by atoms with Crippen LogP contribution < -0.4 is 10.2 Å². The Bertz CT molecular complexity index is 601. The summed E-state index contributed by atoms with van der Waals surface area (Å²) < 4.78 is 0. The van der Waals surface area contributed by atoms with E-state index in [1.807, 2.05) is 18.2 Å². The summed E-state index contributed by atoms with van der Waals surface area (Å²) in [6, 6.07) is 8.89. The fourth-order valence-corrected chi connectivity index (χ4v) is 2.79. The van der Waals surface area contributed by atoms with Gasteiger partial charge in [0.1, 0.15) is 0 Å². The van der Waals surface area contributed by atoms with Gasteiger partial charge in [0.05, 0.1) is 0 Å². The van der Waals surface area contributed by atoms with Crippen molar-refractivity contribution in [2.24, 2.45) is 0 Å². The quantitative estimate of drug-likeness (QED) is 0.869. The van der Waals surface area contributed by atoms with Gasteiger partial charge in [-0.15, -0.1) is 10.2 Å². The van der Waals surface area contributed by atoms with Crippen LogP contribution in [-0.2, 0) is 0 Å². The lowest BCUT2D eigenvalue weighted by atomic mass is 10.1. The lowest BCUT2D eigenvalue weighted by Gasteiger charge is -2.38. The Morgan fingerprint density at radius 2 is 1.95 bits per heavy atom. The average molecular weight is 277 g/mol. The SMILES string of the molecule is CC1CN(c2nnc(Cl)c3ccccc23)C(C)CN1. The van der Waals surface area contributed by atoms with Crippen LogP contribution in [0.2, 0.25) is 5.15 Å². The maximum atomic E-state index is 6.13. The van der Waals surface area contributed by atoms with Crippen LogP contribution in [0.3, 0.4) is 0 Å². The molecule has 1 N–H and O–H groups in total. The summed E-state index contributed by atoms with van der Waals surface area (Å²) in [5.41, 5.74) is 0. The minimum atomic E-state index is 0.398. The number of halogens is 1. The summed E-state index contributed by atoms with van der Waals surface area (Å²) in [5.74, 6) is 0.931. The standard InChI is InChI=1S/C14H17ClN4/c1-9-8-19(10(2)7-16-9)14-12-6-4-3-5-11(12)13(15)17-18-14/h3-6,9-10,16H,7-8H2,1-2H3. The molecule has 2 heterocycles. The molecule has 0 aliphatic carbocycles. The predicted octanol–water partition coefficient (Wildman–Crippen LogP) is 2.47. The Morgan fingerprint density at radius 1 is 1.21 bits per heavy atom. The number of hydrogen-bond donors (Lipinski definition) is 1. The Balaban J connectivity index is 2.12. The van der Waals surface area contributed by atoms with E-state index < -0.39 is 0 Å². The minimum Gasteiger partial charge on any atom is -0.349 e. The molecule has 1 fully saturated rings. The number of anilines is 1. The molecule has 0 amide bonds. The zero-order chi connectivity index (χ0) is 13.4. The predicted molar refractivity (Wildman–Crippen MR) is 78.8 cm³/mol. The number of rotatable bonds is 1. The number of nitrogens with zero attached hydrogens (tertiary/aromatic N) is 3. The largest absolute Gasteiger partial charge is 0.349 e. The van der Waals surface area contributed by atoms with Crippen LogP contribution in [0.5, 0.6) is 0 Å². The zero-order valence-corrected chi connectivity index (χ0v) is 11.9. The molecule has 0 saturated carbocycles. The van der Waals surface area contributed by atoms with Crippen molar-refractivity contribution in [3.8, 4) is 0 Å². The molecule has 100 valence electrons. The van der Waals surface area contributed by atoms with Crippen LogP contribution in [0.1, 0.15) is 13.8 Å². The molecule has 3 rings (SSSR count). The number of piperazine rings is 1. The molecule has 1 aromatic heterocycles. The molecule has 2 atom stereocenters. The van der Waals surface area contributed by atoms with Gasteiger partial charge in [0, 0.05) is 35.9 Å². The van der Waals surface area contributed by atoms with Gasteiger partial charge in [0.2, 0.25) is 0 Å². The van der Waals surface area contributed by atoms with E-state index in [1.54, 1.807) is 0 Å². The Hall–Kier alpha value is -1.39. The molecule has 0 spiro atoms. The summed E-state index contributed by atoms with van der Waals surface area (Å²) in [4.78, 5) is 2.31. The minimum absolute atomic E-state index is 0.398. The van der Waals surface area contributed by atoms with Gasteiger partial charge in [-0.2, -0.15) is 0 Å². The molecule has 0 radical (unpaired) electrons. The van der Waals surface area contributed by atoms with Crippen molar-refractivity contribution in [2.45, 2.75) is 25.9 Å². The molecule has 0 bridgehead atoms. The van der Waals surface area contributed by atoms with Crippen molar-refractivity contribution in [3.05, 3.63) is 29.4 Å². The number of nitrogens with one attached hydrogen (secondary N) is 1. The first-order valence-electron chi connectivity index (χ1n) is 6.58. The number of hydrogen-bond acceptors (Lipinski definition) is 4. The summed E-state index contributed by atoms with van der Waals surface area (Å²) in [7, 11) is 0. The third kappa shape index (κ3) is 2.26. The second-order valence-corrected chi connectivity index (χ2v) is 5.53. The topological polar surface area (TPSA) is 41.1 Å². The third-order valence-electron chi connectivity index (χ3n) is 3.66. The Kier molecular flexibility index (Phi) is 3.29. The van der Waals surface area contributed by atoms with Crippen molar-refractivity contribution in [1.29, 1.82) is 0 Å². The van der Waals surface area contributed by atoms with Gasteiger partial charge >= 0.3 is 0 Å². The van der Waals surface area contributed by atoms with Gasteiger partial charge in [-0.05, 0) is 13.8 Å². The maximum absolute atomic E-state index is 6.13. The number of aromatic nitrogens is 2. The highest BCUT2D eigenvalue weighted by molar-refractivity contribution is 6.34. The van der Waals surface area contributed by atoms with E-state index in [0.29, 0.717) is 17.2 Å². The van der Waals surface area contributed by atoms with Crippen molar-refractivity contribution in [3.63, 3.8) is 0 Å². The van der Waals surface area contributed by atoms with E-state index in [0.717, 1.165) is 29.7 Å². The monoisotopic (exact) mass is 276 g/mol. The van der Waals surface area contributed by atoms with Crippen molar-refractivity contribution < 1.29 is 0 Å². The summed E-state index contributed by atoms with van der Waals surface area (Å²) >= 11 is 6.13. The molecule has 1 aromatic carbocycles. The van der Waals surface area contributed by atoms with Gasteiger partial charge in [0.15, 0.2) is 11.0 Å². The zero-order valence-electron chi connectivity index (χ0n) is 11.1. The molecule has 2 unspecified atom stereocenters. The molecular weight excluding hydrogens is 260 g/mol. The van der Waals surface area contributed by atoms with Crippen LogP contribution in [0.4, 0.5) is 5.82 Å². The van der Waals surface area contributed by atoms with E-state index in [1.165, 1.54) is 0 Å². The molecule has 2 aromatic rings. The number of benzene rings is 1. The first kappa shape index (κ1) is 12.6. The van der Waals surface area contributed by atoms with E-state index in [9.17, 15) is 0 Å². The van der Waals surface area contributed by atoms with Crippen LogP contribution in [0.25, 0.3) is 10.8 Å². The first-order chi connectivity index (χ1) is 9.16. The van der Waals surface area contributed by atoms with Gasteiger partial charge in [-0.3, -0.25) is 0 Å². The molecule has 4 nitrogen and oxygen atoms in total. The van der Waals surface area contributed by atoms with Crippen molar-refractivity contribution in [1.82, 2.24) is 15.5 Å². The fourth-order valence-electron chi connectivity index (χ4n) is 2.59. The second kappa shape index (κ2) is 4.94. The van der Waals surface area contributed by atoms with Gasteiger partial charge in [-0.25, -0.2) is 0 Å². The van der Waals surface area contributed by atoms with Gasteiger partial charge in [0.25, 0.3) is 0 Å². The summed E-state index contributed by atoms with van der Waals surface area (Å²) in [6.07, 6.45) is 0. The van der Waals surface area contributed by atoms with E-state index in [-0.39, 0.29) is 0 Å². The van der Waals surface area contributed by atoms with Crippen molar-refractivity contribution in [2.75, 3.05) is 18.0 Å². The average Bonchev–Trinajstić information content (AvgIpc) is 2.43. The van der Waals surface area contributed by atoms with Crippen molar-refractivity contribution >= 4 is 28.2 Å². The molecule has 1 aliphatic heterocycles. The fraction of sp³-hybridized carbons (Fsp3) is 0.429. The highest BCUT2D eigenvalue weighted by Gasteiger charge is 2.25. The number of fused-ring (bicyclic) bond motifs is 1. The lowest BCUT2D eigenvalue weighted by Crippen LogP contribution is -2.54. The van der Waals surface area contributed by atoms with Gasteiger partial charge < -0.3 is 10.2 Å². The Labute approximate surface area is 117 Å². The van der Waals surface area contributed by atoms with Crippen LogP contribution in [0.15, 0.2) is 24.3 Å². The van der Waals surface area contributed by atoms with Crippen LogP contribution in [-0.4, -0.2) is 35.4 Å². The third-order valence-corrected chi connectivity index (χ3v) is 3.94. The highest BCUT2D eigenvalue weighted by atomic mass is 35.5. The Morgan fingerprint density at radius 3 is 2.74 bits per heavy atom. The molecular formula is C14H17ClN4. The normalized spacial score (nSPS) is 23.8. The lowest BCUT2D eigenvalue weighted by molar-refractivity contribution is 0.422. The van der Waals surface area contributed by atoms with E-state index >= 15 is 0 Å². The molecule has 1 saturated heterocycles. The van der Waals surface area contributed by atoms with E-state index in [4.69, 9.17) is 11.6 Å². The highest BCUT2D eigenvalue weighted by Crippen LogP contribution is 2.29. The summed E-state index contributed by atoms with van der Waals surface area (Å²) in [5, 5.41) is 14.4. The van der Waals surface area contributed by atoms with Gasteiger partial charge in [-0.1, -0.05) is 35.9 Å². The second-order valence-electron chi connectivity index (χ2n) is 5.17. The molecule has 1 aliphatic rings. The van der Waals surface area contributed by atoms with Crippen LogP contribution in [0, 0.1) is 0 Å². The summed E-state index contributed by atoms with van der Waals surface area (Å²) in [6.45, 7) is 6.27. The molecule has 5 heteroatoms.